The summed E-state index contributed by atoms with van der Waals surface area (Å²) in [5.41, 5.74) is 0. The van der Waals surface area contributed by atoms with E-state index in [1.807, 2.05) is 24.3 Å². The number of benzene rings is 1. The minimum absolute atomic E-state index is 0.252. The van der Waals surface area contributed by atoms with Crippen LogP contribution in [0.4, 0.5) is 0 Å². The van der Waals surface area contributed by atoms with E-state index in [0.717, 1.165) is 23.5 Å². The van der Waals surface area contributed by atoms with Crippen molar-refractivity contribution in [3.8, 4) is 5.75 Å². The van der Waals surface area contributed by atoms with Crippen molar-refractivity contribution < 1.29 is 9.53 Å². The molecule has 0 bridgehead atoms. The van der Waals surface area contributed by atoms with Crippen LogP contribution in [0.15, 0.2) is 40.1 Å². The van der Waals surface area contributed by atoms with Crippen molar-refractivity contribution in [2.24, 2.45) is 0 Å². The fraction of sp³-hybridized carbons (Fsp3) is 0.308. The lowest BCUT2D eigenvalue weighted by atomic mass is 10.1. The zero-order valence-electron chi connectivity index (χ0n) is 9.23. The third-order valence-electron chi connectivity index (χ3n) is 2.48. The summed E-state index contributed by atoms with van der Waals surface area (Å²) in [6.07, 6.45) is 4.47. The maximum absolute atomic E-state index is 11.3. The van der Waals surface area contributed by atoms with Gasteiger partial charge in [0.1, 0.15) is 5.75 Å². The smallest absolute Gasteiger partial charge is 0.156 e. The highest BCUT2D eigenvalue weighted by Crippen LogP contribution is 2.33. The molecule has 0 spiro atoms. The van der Waals surface area contributed by atoms with Gasteiger partial charge in [-0.1, -0.05) is 11.8 Å². The lowest BCUT2D eigenvalue weighted by Gasteiger charge is -2.11. The van der Waals surface area contributed by atoms with E-state index in [0.29, 0.717) is 6.42 Å². The Bertz CT molecular complexity index is 406. The first-order valence-corrected chi connectivity index (χ1v) is 6.15. The topological polar surface area (TPSA) is 26.3 Å². The Morgan fingerprint density at radius 1 is 1.19 bits per heavy atom. The van der Waals surface area contributed by atoms with E-state index in [4.69, 9.17) is 4.74 Å². The first kappa shape index (κ1) is 11.3. The van der Waals surface area contributed by atoms with Crippen LogP contribution in [0.3, 0.4) is 0 Å². The molecule has 3 heteroatoms. The number of hydrogen-bond donors (Lipinski definition) is 0. The molecule has 0 amide bonds. The van der Waals surface area contributed by atoms with Crippen LogP contribution in [-0.2, 0) is 4.79 Å². The first-order chi connectivity index (χ1) is 7.78. The lowest BCUT2D eigenvalue weighted by molar-refractivity contribution is -0.115. The maximum atomic E-state index is 11.3. The fourth-order valence-electron chi connectivity index (χ4n) is 1.64. The van der Waals surface area contributed by atoms with Gasteiger partial charge in [-0.05, 0) is 48.1 Å². The highest BCUT2D eigenvalue weighted by molar-refractivity contribution is 8.03. The van der Waals surface area contributed by atoms with Gasteiger partial charge in [-0.3, -0.25) is 4.79 Å². The van der Waals surface area contributed by atoms with Gasteiger partial charge in [0.2, 0.25) is 0 Å². The van der Waals surface area contributed by atoms with Gasteiger partial charge in [-0.15, -0.1) is 0 Å². The van der Waals surface area contributed by atoms with E-state index in [9.17, 15) is 4.79 Å². The van der Waals surface area contributed by atoms with Crippen LogP contribution < -0.4 is 4.74 Å². The van der Waals surface area contributed by atoms with Crippen molar-refractivity contribution in [1.82, 2.24) is 0 Å². The molecule has 0 saturated carbocycles. The molecule has 2 rings (SSSR count). The van der Waals surface area contributed by atoms with Crippen molar-refractivity contribution in [3.63, 3.8) is 0 Å². The van der Waals surface area contributed by atoms with Gasteiger partial charge in [0.05, 0.1) is 7.11 Å². The molecule has 1 aliphatic carbocycles. The number of thioether (sulfide) groups is 1. The number of carbonyl (C=O) groups is 1. The molecule has 2 nitrogen and oxygen atoms in total. The van der Waals surface area contributed by atoms with Gasteiger partial charge in [0.25, 0.3) is 0 Å². The van der Waals surface area contributed by atoms with E-state index >= 15 is 0 Å². The monoisotopic (exact) mass is 234 g/mol. The number of ketones is 1. The minimum Gasteiger partial charge on any atom is -0.497 e. The molecule has 0 saturated heterocycles. The van der Waals surface area contributed by atoms with Crippen LogP contribution >= 0.6 is 11.8 Å². The molecule has 0 N–H and O–H groups in total. The number of allylic oxidation sites excluding steroid dienone is 2. The van der Waals surface area contributed by atoms with Crippen LogP contribution in [0.25, 0.3) is 0 Å². The highest BCUT2D eigenvalue weighted by atomic mass is 32.2. The SMILES string of the molecule is COc1ccc(SC2=CC(=O)CCC2)cc1. The Labute approximate surface area is 99.7 Å². The summed E-state index contributed by atoms with van der Waals surface area (Å²) < 4.78 is 5.10. The lowest BCUT2D eigenvalue weighted by Crippen LogP contribution is -2.00. The standard InChI is InChI=1S/C13H14O2S/c1-15-11-5-7-12(8-6-11)16-13-4-2-3-10(14)9-13/h5-9H,2-4H2,1H3. The summed E-state index contributed by atoms with van der Waals surface area (Å²) in [5.74, 6) is 1.11. The van der Waals surface area contributed by atoms with Crippen LogP contribution in [0.1, 0.15) is 19.3 Å². The van der Waals surface area contributed by atoms with Crippen molar-refractivity contribution in [2.45, 2.75) is 24.2 Å². The van der Waals surface area contributed by atoms with Crippen molar-refractivity contribution >= 4 is 17.5 Å². The van der Waals surface area contributed by atoms with Crippen molar-refractivity contribution in [1.29, 1.82) is 0 Å². The molecule has 0 unspecified atom stereocenters. The molecule has 0 aromatic heterocycles. The first-order valence-electron chi connectivity index (χ1n) is 5.33. The van der Waals surface area contributed by atoms with Crippen LogP contribution in [0.5, 0.6) is 5.75 Å². The van der Waals surface area contributed by atoms with Gasteiger partial charge in [-0.2, -0.15) is 0 Å². The average molecular weight is 234 g/mol. The second-order valence-corrected chi connectivity index (χ2v) is 4.91. The van der Waals surface area contributed by atoms with E-state index < -0.39 is 0 Å². The molecular formula is C13H14O2S. The van der Waals surface area contributed by atoms with Crippen LogP contribution in [0, 0.1) is 0 Å². The third kappa shape index (κ3) is 2.89. The van der Waals surface area contributed by atoms with Crippen LogP contribution in [0.2, 0.25) is 0 Å². The summed E-state index contributed by atoms with van der Waals surface area (Å²) in [4.78, 5) is 13.6. The second-order valence-electron chi connectivity index (χ2n) is 3.71. The Kier molecular flexibility index (Phi) is 3.67. The molecule has 0 heterocycles. The predicted molar refractivity (Wildman–Crippen MR) is 65.8 cm³/mol. The Hall–Kier alpha value is -1.22. The molecule has 1 aromatic rings. The van der Waals surface area contributed by atoms with E-state index in [1.165, 1.54) is 4.91 Å². The van der Waals surface area contributed by atoms with E-state index in [-0.39, 0.29) is 5.78 Å². The quantitative estimate of drug-likeness (QED) is 0.801. The van der Waals surface area contributed by atoms with E-state index in [1.54, 1.807) is 24.9 Å². The number of rotatable bonds is 3. The van der Waals surface area contributed by atoms with E-state index in [2.05, 4.69) is 0 Å². The summed E-state index contributed by atoms with van der Waals surface area (Å²) in [6, 6.07) is 7.91. The van der Waals surface area contributed by atoms with Gasteiger partial charge >= 0.3 is 0 Å². The molecule has 0 fully saturated rings. The average Bonchev–Trinajstić information content (AvgIpc) is 2.30. The zero-order valence-corrected chi connectivity index (χ0v) is 10.0. The van der Waals surface area contributed by atoms with Gasteiger partial charge in [0.15, 0.2) is 5.78 Å². The Balaban J connectivity index is 2.05. The number of methoxy groups -OCH3 is 1. The van der Waals surface area contributed by atoms with Crippen LogP contribution in [-0.4, -0.2) is 12.9 Å². The molecule has 84 valence electrons. The molecule has 0 radical (unpaired) electrons. The highest BCUT2D eigenvalue weighted by Gasteiger charge is 2.10. The maximum Gasteiger partial charge on any atom is 0.156 e. The molecular weight excluding hydrogens is 220 g/mol. The molecule has 0 atom stereocenters. The Morgan fingerprint density at radius 2 is 1.94 bits per heavy atom. The molecule has 1 aromatic carbocycles. The summed E-state index contributed by atoms with van der Waals surface area (Å²) in [5, 5.41) is 0. The van der Waals surface area contributed by atoms with Crippen molar-refractivity contribution in [2.75, 3.05) is 7.11 Å². The minimum atomic E-state index is 0.252. The van der Waals surface area contributed by atoms with Gasteiger partial charge in [-0.25, -0.2) is 0 Å². The molecule has 1 aliphatic rings. The second kappa shape index (κ2) is 5.21. The third-order valence-corrected chi connectivity index (χ3v) is 3.57. The number of ether oxygens (including phenoxy) is 1. The summed E-state index contributed by atoms with van der Waals surface area (Å²) in [6.45, 7) is 0. The number of hydrogen-bond acceptors (Lipinski definition) is 3. The van der Waals surface area contributed by atoms with Crippen molar-refractivity contribution in [3.05, 3.63) is 35.2 Å². The zero-order chi connectivity index (χ0) is 11.4. The van der Waals surface area contributed by atoms with Gasteiger partial charge < -0.3 is 4.74 Å². The van der Waals surface area contributed by atoms with Gasteiger partial charge in [0, 0.05) is 11.3 Å². The largest absolute Gasteiger partial charge is 0.497 e. The normalized spacial score (nSPS) is 15.8. The molecule has 0 aliphatic heterocycles. The summed E-state index contributed by atoms with van der Waals surface area (Å²) in [7, 11) is 1.66. The predicted octanol–water partition coefficient (Wildman–Crippen LogP) is 3.42. The summed E-state index contributed by atoms with van der Waals surface area (Å²) >= 11 is 1.67. The Morgan fingerprint density at radius 3 is 2.56 bits per heavy atom. The molecule has 16 heavy (non-hydrogen) atoms. The fourth-order valence-corrected chi connectivity index (χ4v) is 2.65. The number of carbonyl (C=O) groups excluding carboxylic acids is 1.